The van der Waals surface area contributed by atoms with Crippen LogP contribution >= 0.6 is 23.1 Å². The average molecular weight is 476 g/mol. The van der Waals surface area contributed by atoms with Crippen molar-refractivity contribution in [2.75, 3.05) is 24.2 Å². The van der Waals surface area contributed by atoms with Gasteiger partial charge in [0.25, 0.3) is 0 Å². The van der Waals surface area contributed by atoms with Crippen LogP contribution in [0.25, 0.3) is 15.2 Å². The lowest BCUT2D eigenvalue weighted by atomic mass is 10.3. The van der Waals surface area contributed by atoms with Gasteiger partial charge in [0.1, 0.15) is 0 Å². The predicted molar refractivity (Wildman–Crippen MR) is 124 cm³/mol. The van der Waals surface area contributed by atoms with Gasteiger partial charge in [-0.1, -0.05) is 55.1 Å². The van der Waals surface area contributed by atoms with Crippen LogP contribution in [0.1, 0.15) is 13.8 Å². The van der Waals surface area contributed by atoms with E-state index in [0.29, 0.717) is 23.9 Å². The minimum atomic E-state index is -3.59. The van der Waals surface area contributed by atoms with Gasteiger partial charge in [0.15, 0.2) is 5.16 Å². The van der Waals surface area contributed by atoms with Crippen molar-refractivity contribution in [3.8, 4) is 0 Å². The van der Waals surface area contributed by atoms with Crippen molar-refractivity contribution in [3.63, 3.8) is 0 Å². The van der Waals surface area contributed by atoms with Crippen molar-refractivity contribution < 1.29 is 13.2 Å². The predicted octanol–water partition coefficient (Wildman–Crippen LogP) is 3.71. The van der Waals surface area contributed by atoms with E-state index in [-0.39, 0.29) is 16.6 Å². The van der Waals surface area contributed by atoms with Crippen LogP contribution in [-0.2, 0) is 14.8 Å². The molecule has 4 aromatic rings. The Bertz CT molecular complexity index is 1340. The fourth-order valence-corrected chi connectivity index (χ4v) is 6.49. The Balaban J connectivity index is 1.47. The van der Waals surface area contributed by atoms with Crippen LogP contribution in [0.2, 0.25) is 0 Å². The zero-order chi connectivity index (χ0) is 22.0. The van der Waals surface area contributed by atoms with Gasteiger partial charge in [-0.25, -0.2) is 8.42 Å². The van der Waals surface area contributed by atoms with Crippen molar-refractivity contribution in [2.24, 2.45) is 0 Å². The minimum absolute atomic E-state index is 0.123. The van der Waals surface area contributed by atoms with Crippen molar-refractivity contribution >= 4 is 59.9 Å². The van der Waals surface area contributed by atoms with Gasteiger partial charge in [0, 0.05) is 18.8 Å². The first-order chi connectivity index (χ1) is 14.9. The van der Waals surface area contributed by atoms with Crippen LogP contribution in [0.5, 0.6) is 0 Å². The van der Waals surface area contributed by atoms with Crippen LogP contribution in [0.15, 0.2) is 58.6 Å². The molecular weight excluding hydrogens is 454 g/mol. The lowest BCUT2D eigenvalue weighted by molar-refractivity contribution is -0.113. The average Bonchev–Trinajstić information content (AvgIpc) is 3.32. The maximum Gasteiger partial charge on any atom is 0.243 e. The largest absolute Gasteiger partial charge is 0.325 e. The number of sulfonamides is 1. The number of anilines is 1. The van der Waals surface area contributed by atoms with E-state index in [9.17, 15) is 13.2 Å². The molecule has 0 spiro atoms. The molecule has 2 aromatic heterocycles. The highest BCUT2D eigenvalue weighted by Crippen LogP contribution is 2.29. The first-order valence-electron chi connectivity index (χ1n) is 9.69. The highest BCUT2D eigenvalue weighted by molar-refractivity contribution is 7.99. The summed E-state index contributed by atoms with van der Waals surface area (Å²) in [6, 6.07) is 14.3. The number of carbonyl (C=O) groups excluding carboxylic acids is 1. The number of fused-ring (bicyclic) bond motifs is 3. The van der Waals surface area contributed by atoms with Crippen LogP contribution in [-0.4, -0.2) is 52.1 Å². The van der Waals surface area contributed by atoms with E-state index in [2.05, 4.69) is 15.5 Å². The number of nitrogens with zero attached hydrogens (tertiary/aromatic N) is 4. The third-order valence-electron chi connectivity index (χ3n) is 4.70. The molecule has 0 aliphatic heterocycles. The van der Waals surface area contributed by atoms with Gasteiger partial charge >= 0.3 is 0 Å². The second-order valence-corrected chi connectivity index (χ2v) is 10.5. The lowest BCUT2D eigenvalue weighted by Gasteiger charge is -2.18. The molecule has 4 rings (SSSR count). The van der Waals surface area contributed by atoms with Crippen molar-refractivity contribution in [2.45, 2.75) is 23.9 Å². The minimum Gasteiger partial charge on any atom is -0.325 e. The summed E-state index contributed by atoms with van der Waals surface area (Å²) in [7, 11) is -3.59. The van der Waals surface area contributed by atoms with Crippen LogP contribution in [0.4, 0.5) is 5.69 Å². The number of benzene rings is 2. The Morgan fingerprint density at radius 3 is 2.68 bits per heavy atom. The second kappa shape index (κ2) is 8.95. The molecule has 0 fully saturated rings. The zero-order valence-electron chi connectivity index (χ0n) is 17.0. The monoisotopic (exact) mass is 475 g/mol. The summed E-state index contributed by atoms with van der Waals surface area (Å²) in [4.78, 5) is 13.4. The summed E-state index contributed by atoms with van der Waals surface area (Å²) < 4.78 is 29.8. The third-order valence-corrected chi connectivity index (χ3v) is 8.69. The quantitative estimate of drug-likeness (QED) is 0.390. The van der Waals surface area contributed by atoms with Crippen molar-refractivity contribution in [3.05, 3.63) is 48.5 Å². The van der Waals surface area contributed by atoms with E-state index in [1.54, 1.807) is 37.3 Å². The van der Waals surface area contributed by atoms with E-state index in [1.165, 1.54) is 28.2 Å². The smallest absolute Gasteiger partial charge is 0.243 e. The van der Waals surface area contributed by atoms with Crippen LogP contribution in [0.3, 0.4) is 0 Å². The molecule has 1 N–H and O–H groups in total. The molecule has 1 amide bonds. The number of amides is 1. The Morgan fingerprint density at radius 2 is 1.90 bits per heavy atom. The Hall–Kier alpha value is -2.47. The second-order valence-electron chi connectivity index (χ2n) is 6.62. The van der Waals surface area contributed by atoms with Crippen molar-refractivity contribution in [1.82, 2.24) is 18.9 Å². The molecule has 0 saturated carbocycles. The lowest BCUT2D eigenvalue weighted by Crippen LogP contribution is -2.30. The molecule has 162 valence electrons. The molecule has 0 bridgehead atoms. The van der Waals surface area contributed by atoms with Gasteiger partial charge in [0.05, 0.1) is 20.9 Å². The van der Waals surface area contributed by atoms with Crippen molar-refractivity contribution in [1.29, 1.82) is 0 Å². The number of para-hydroxylation sites is 1. The molecule has 8 nitrogen and oxygen atoms in total. The number of nitrogens with one attached hydrogen (secondary N) is 1. The number of thiazole rings is 1. The molecular formula is C20H21N5O3S3. The highest BCUT2D eigenvalue weighted by atomic mass is 32.2. The summed E-state index contributed by atoms with van der Waals surface area (Å²) in [6.45, 7) is 4.36. The van der Waals surface area contributed by atoms with E-state index in [1.807, 2.05) is 28.7 Å². The Labute approximate surface area is 188 Å². The summed E-state index contributed by atoms with van der Waals surface area (Å²) in [5.74, 6) is -0.128. The van der Waals surface area contributed by atoms with Gasteiger partial charge in [-0.05, 0) is 30.3 Å². The number of hydrogen-bond donors (Lipinski definition) is 1. The number of thioether (sulfide) groups is 1. The van der Waals surface area contributed by atoms with E-state index < -0.39 is 10.0 Å². The standard InChI is InChI=1S/C20H21N5O3S3/c1-3-24(4-2)31(27,28)15-9-7-8-14(12-15)21-18(26)13-29-19-22-23-20-25(19)16-10-5-6-11-17(16)30-20/h5-12H,3-4,13H2,1-2H3,(H,21,26). The molecule has 0 saturated heterocycles. The number of carbonyl (C=O) groups is 1. The first kappa shape index (κ1) is 21.8. The molecule has 31 heavy (non-hydrogen) atoms. The molecule has 2 heterocycles. The first-order valence-corrected chi connectivity index (χ1v) is 12.9. The number of aromatic nitrogens is 3. The number of hydrogen-bond acceptors (Lipinski definition) is 7. The fraction of sp³-hybridized carbons (Fsp3) is 0.250. The summed E-state index contributed by atoms with van der Waals surface area (Å²) in [6.07, 6.45) is 0. The third kappa shape index (κ3) is 4.31. The van der Waals surface area contributed by atoms with Gasteiger partial charge in [-0.15, -0.1) is 10.2 Å². The SMILES string of the molecule is CCN(CC)S(=O)(=O)c1cccc(NC(=O)CSc2nnc3sc4ccccc4n23)c1. The van der Waals surface area contributed by atoms with E-state index in [0.717, 1.165) is 15.2 Å². The topological polar surface area (TPSA) is 96.7 Å². The van der Waals surface area contributed by atoms with Gasteiger partial charge in [0.2, 0.25) is 20.9 Å². The van der Waals surface area contributed by atoms with E-state index in [4.69, 9.17) is 0 Å². The summed E-state index contributed by atoms with van der Waals surface area (Å²) in [5, 5.41) is 11.8. The normalized spacial score (nSPS) is 12.1. The maximum atomic E-state index is 12.7. The molecule has 0 atom stereocenters. The Kier molecular flexibility index (Phi) is 6.28. The van der Waals surface area contributed by atoms with Crippen LogP contribution in [0, 0.1) is 0 Å². The molecule has 0 radical (unpaired) electrons. The Morgan fingerprint density at radius 1 is 1.13 bits per heavy atom. The van der Waals surface area contributed by atoms with Gasteiger partial charge in [-0.3, -0.25) is 9.20 Å². The molecule has 0 aliphatic carbocycles. The molecule has 0 unspecified atom stereocenters. The highest BCUT2D eigenvalue weighted by Gasteiger charge is 2.22. The van der Waals surface area contributed by atoms with Gasteiger partial charge < -0.3 is 5.32 Å². The summed E-state index contributed by atoms with van der Waals surface area (Å²) in [5.41, 5.74) is 1.44. The maximum absolute atomic E-state index is 12.7. The zero-order valence-corrected chi connectivity index (χ0v) is 19.4. The van der Waals surface area contributed by atoms with Crippen LogP contribution < -0.4 is 5.32 Å². The summed E-state index contributed by atoms with van der Waals surface area (Å²) >= 11 is 2.83. The fourth-order valence-electron chi connectivity index (χ4n) is 3.22. The molecule has 2 aromatic carbocycles. The molecule has 11 heteroatoms. The van der Waals surface area contributed by atoms with E-state index >= 15 is 0 Å². The number of rotatable bonds is 8. The van der Waals surface area contributed by atoms with Gasteiger partial charge in [-0.2, -0.15) is 4.31 Å². The molecule has 0 aliphatic rings.